The Morgan fingerprint density at radius 2 is 0.846 bits per heavy atom. The molecule has 19 nitrogen and oxygen atoms in total. The number of phenols is 1. The third kappa shape index (κ3) is 65.4. The molecule has 4 aromatic rings. The zero-order valence-electron chi connectivity index (χ0n) is 76.4. The van der Waals surface area contributed by atoms with Crippen LogP contribution < -0.4 is 19.9 Å². The van der Waals surface area contributed by atoms with Crippen molar-refractivity contribution in [2.24, 2.45) is 47.0 Å². The summed E-state index contributed by atoms with van der Waals surface area (Å²) in [5.74, 6) is -3.67. The second-order valence-electron chi connectivity index (χ2n) is 27.6. The zero-order valence-corrected chi connectivity index (χ0v) is 75.4. The van der Waals surface area contributed by atoms with E-state index in [1.165, 1.54) is 51.8 Å². The van der Waals surface area contributed by atoms with Crippen LogP contribution >= 0.6 is 69.0 Å². The Balaban J connectivity index is -0.000000658. The number of rotatable bonds is 22. The molecule has 0 saturated heterocycles. The first-order valence-corrected chi connectivity index (χ1v) is 46.7. The second-order valence-corrected chi connectivity index (χ2v) is 30.9. The lowest BCUT2D eigenvalue weighted by molar-refractivity contribution is -0.146. The number of alkyl halides is 5. The highest BCUT2D eigenvalue weighted by molar-refractivity contribution is 14.1. The van der Waals surface area contributed by atoms with Crippen LogP contribution in [0.25, 0.3) is 0 Å². The Kier molecular flexibility index (Phi) is 73.1. The number of hydrogen-bond donors (Lipinski definition) is 6. The van der Waals surface area contributed by atoms with Crippen molar-refractivity contribution < 1.29 is 85.9 Å². The minimum Gasteiger partial charge on any atom is -0.508 e. The molecule has 0 aliphatic heterocycles. The number of benzene rings is 4. The summed E-state index contributed by atoms with van der Waals surface area (Å²) in [5, 5.41) is 62.2. The van der Waals surface area contributed by atoms with E-state index < -0.39 is 69.6 Å². The van der Waals surface area contributed by atoms with Crippen LogP contribution in [-0.4, -0.2) is 127 Å². The molecule has 0 heterocycles. The van der Waals surface area contributed by atoms with Crippen LogP contribution in [0.4, 0.5) is 0 Å². The zero-order chi connectivity index (χ0) is 92.4. The number of halogens is 5. The number of aliphatic hydroxyl groups excluding tert-OH is 3. The summed E-state index contributed by atoms with van der Waals surface area (Å²) < 4.78 is 104. The number of aliphatic carboxylic acids is 1. The van der Waals surface area contributed by atoms with E-state index in [9.17, 15) is 37.8 Å². The topological polar surface area (TPSA) is 323 Å². The number of carbonyl (C=O) groups excluding carboxylic acids is 3. The molecule has 670 valence electrons. The van der Waals surface area contributed by atoms with Gasteiger partial charge in [0.2, 0.25) is 0 Å². The van der Waals surface area contributed by atoms with Crippen molar-refractivity contribution in [3.8, 4) is 35.1 Å². The summed E-state index contributed by atoms with van der Waals surface area (Å²) in [6.07, 6.45) is 36.1. The van der Waals surface area contributed by atoms with Gasteiger partial charge in [-0.3, -0.25) is 23.4 Å². The van der Waals surface area contributed by atoms with Crippen molar-refractivity contribution in [3.05, 3.63) is 119 Å². The van der Waals surface area contributed by atoms with Gasteiger partial charge in [0.05, 0.1) is 93.0 Å². The maximum absolute atomic E-state index is 11.1. The van der Waals surface area contributed by atoms with Gasteiger partial charge in [0.15, 0.2) is 0 Å². The first-order chi connectivity index (χ1) is 58.1. The van der Waals surface area contributed by atoms with Gasteiger partial charge in [0.25, 0.3) is 10.1 Å². The Bertz CT molecular complexity index is 3600. The lowest BCUT2D eigenvalue weighted by atomic mass is 9.89. The average molecular weight is 1860 g/mol. The van der Waals surface area contributed by atoms with E-state index in [-0.39, 0.29) is 56.9 Å². The summed E-state index contributed by atoms with van der Waals surface area (Å²) in [6, 6.07) is 31.7. The van der Waals surface area contributed by atoms with E-state index in [4.69, 9.17) is 102 Å². The monoisotopic (exact) mass is 1860 g/mol. The first-order valence-electron chi connectivity index (χ1n) is 44.1. The molecular formula is C92H150Cl4IN3O16S. The number of carboxylic acids is 1. The highest BCUT2D eigenvalue weighted by atomic mass is 127. The first kappa shape index (κ1) is 104. The number of nitrogens with zero attached hydrogens (tertiary/aromatic N) is 2. The molecule has 0 bridgehead atoms. The number of nitrogens with two attached hydrogens (primary N) is 1. The Hall–Kier alpha value is -5.02. The van der Waals surface area contributed by atoms with E-state index >= 15 is 0 Å². The molecule has 7 aliphatic rings. The summed E-state index contributed by atoms with van der Waals surface area (Å²) in [6.45, 7) is 7.21. The number of carbonyl (C=O) groups is 4. The van der Waals surface area contributed by atoms with Gasteiger partial charge in [-0.25, -0.2) is 0 Å². The van der Waals surface area contributed by atoms with Gasteiger partial charge >= 0.3 is 11.9 Å². The molecule has 7 fully saturated rings. The molecule has 4 aromatic carbocycles. The van der Waals surface area contributed by atoms with Gasteiger partial charge in [-0.1, -0.05) is 235 Å². The highest BCUT2D eigenvalue weighted by Crippen LogP contribution is 2.31. The third-order valence-electron chi connectivity index (χ3n) is 18.7. The predicted octanol–water partition coefficient (Wildman–Crippen LogP) is 24.5. The smallest absolute Gasteiger partial charge is 0.308 e. The van der Waals surface area contributed by atoms with Gasteiger partial charge in [-0.05, 0) is 197 Å². The molecule has 7 N–H and O–H groups in total. The van der Waals surface area contributed by atoms with E-state index in [1.807, 2.05) is 67.3 Å². The van der Waals surface area contributed by atoms with Crippen molar-refractivity contribution in [2.75, 3.05) is 68.6 Å². The van der Waals surface area contributed by atoms with Crippen LogP contribution in [0.2, 0.25) is 0 Å². The second kappa shape index (κ2) is 82.0. The van der Waals surface area contributed by atoms with Crippen molar-refractivity contribution in [1.82, 2.24) is 0 Å². The molecule has 7 saturated carbocycles. The fourth-order valence-electron chi connectivity index (χ4n) is 12.7. The average Bonchev–Trinajstić information content (AvgIpc) is 0.856. The van der Waals surface area contributed by atoms with E-state index in [0.717, 1.165) is 197 Å². The normalized spacial score (nSPS) is 19.3. The van der Waals surface area contributed by atoms with Crippen LogP contribution in [0, 0.1) is 63.9 Å². The molecule has 2 atom stereocenters. The number of ether oxygens (including phenoxy) is 4. The molecular weight excluding hydrogens is 1700 g/mol. The molecule has 0 amide bonds. The van der Waals surface area contributed by atoms with Gasteiger partial charge in [0, 0.05) is 34.3 Å². The maximum atomic E-state index is 11.1. The Morgan fingerprint density at radius 3 is 1.14 bits per heavy atom. The summed E-state index contributed by atoms with van der Waals surface area (Å²) in [7, 11) is -2.03. The summed E-state index contributed by atoms with van der Waals surface area (Å²) in [4.78, 5) is 44.2. The number of aromatic hydroxyl groups is 1. The van der Waals surface area contributed by atoms with E-state index in [0.29, 0.717) is 92.9 Å². The largest absolute Gasteiger partial charge is 0.508 e. The van der Waals surface area contributed by atoms with Crippen LogP contribution in [0.1, 0.15) is 327 Å². The van der Waals surface area contributed by atoms with Gasteiger partial charge < -0.3 is 50.2 Å². The van der Waals surface area contributed by atoms with E-state index in [1.54, 1.807) is 48.5 Å². The summed E-state index contributed by atoms with van der Waals surface area (Å²) in [5.41, 5.74) is 8.09. The molecule has 11 rings (SSSR count). The number of carboxylic acid groups (broad SMARTS) is 1. The van der Waals surface area contributed by atoms with Crippen molar-refractivity contribution in [2.45, 2.75) is 285 Å². The number of methoxy groups -OCH3 is 1. The van der Waals surface area contributed by atoms with Gasteiger partial charge in [-0.15, -0.1) is 46.4 Å². The predicted molar refractivity (Wildman–Crippen MR) is 491 cm³/mol. The van der Waals surface area contributed by atoms with Crippen LogP contribution in [0.3, 0.4) is 0 Å². The molecule has 0 aromatic heterocycles. The molecule has 0 radical (unpaired) electrons. The summed E-state index contributed by atoms with van der Waals surface area (Å²) >= 11 is 21.2. The van der Waals surface area contributed by atoms with E-state index in [2.05, 4.69) is 31.5 Å². The van der Waals surface area contributed by atoms with Crippen molar-refractivity contribution in [1.29, 1.82) is 10.5 Å². The Morgan fingerprint density at radius 1 is 0.538 bits per heavy atom. The minimum absolute atomic E-state index is 0. The molecule has 25 heteroatoms. The minimum atomic E-state index is -3.38. The van der Waals surface area contributed by atoms with Crippen LogP contribution in [0.5, 0.6) is 23.0 Å². The number of aldehydes is 2. The number of aliphatic hydroxyl groups is 3. The SMILES string of the molecule is C.C.CC.CC#N.CI.ClCCl.ClCCl.O=Cc1cccc(O)c1.[2H]C1(C(=O)O)CCCCC1.[2H]C1(C(=O)OC)CCCCC1.[2H]C1(CO)CCCCC1.[2H]C1(COS(C)(=O)=O)CCCCC1.[2H]C1(COc2cccc(C(O)CC#N)c2)CCCCC1.[2H]C1(COc2cccc(C(O)CCN)c2)CCCCC1.[2H]C1(COc2cccc(C=O)c2)CCCCC1. The van der Waals surface area contributed by atoms with Crippen LogP contribution in [-0.2, 0) is 28.6 Å². The fraction of sp³-hybridized carbons (Fsp3) is 0.674. The van der Waals surface area contributed by atoms with Gasteiger partial charge in [0.1, 0.15) is 35.6 Å². The molecule has 117 heavy (non-hydrogen) atoms. The van der Waals surface area contributed by atoms with Crippen molar-refractivity contribution >= 4 is 104 Å². The van der Waals surface area contributed by atoms with Crippen molar-refractivity contribution in [3.63, 3.8) is 0 Å². The standard InChI is InChI=1S/C16H25NO2.C16H21NO2.C14H18O2.C8H16O3S.C8H14O2.C7H6O2.C7H12O2.C7H14O.C2H3N.C2H6.2CH2Cl2.CH3I.2CH4/c2*17-10-9-16(18)14-7-4-8-15(11-14)19-12-13-5-2-1-3-6-13;15-10-13-7-4-8-14(9-13)16-11-12-5-2-1-3-6-12;1-12(9,10)11-7-8-5-3-2-4-6-8;1-10-8(9)7-5-3-2-4-6-7;8-5-6-2-1-3-7(9)4-6;8-7(9)6-4-2-1-3-5-6;8-6-7-4-2-1-3-5-7;1-2-3;1-2;2*2-1-3;1-2;;/h4,7-8,11,13,16,18H,1-3,5-6,9-10,12,17H2;4,7-8,11,13,16,18H,1-3,5-6,9,12H2;4,7-10,12H,1-3,5-6,11H2;8H,2-7H2,1H3;7H,2-6H2,1H3;1-5,9H;6H,1-5H2,(H,8,9);7-8H,1-6H2;1H3;1-2H3;2*1H2;1H3;2*1H4/i2*13D;12D;8D;7D;;6D;7D;;;;;;;. The molecule has 2 unspecified atom stereocenters. The van der Waals surface area contributed by atoms with Crippen LogP contribution in [0.15, 0.2) is 97.1 Å². The lowest BCUT2D eigenvalue weighted by Gasteiger charge is -2.22. The number of esters is 1. The number of hydrogen-bond acceptors (Lipinski definition) is 18. The van der Waals surface area contributed by atoms with Gasteiger partial charge in [-0.2, -0.15) is 18.9 Å². The molecule has 0 spiro atoms. The molecule has 7 aliphatic carbocycles. The fourth-order valence-corrected chi connectivity index (χ4v) is 13.1. The number of phenolic OH excluding ortho intramolecular Hbond substituents is 1. The maximum Gasteiger partial charge on any atom is 0.308 e. The number of nitriles is 2. The third-order valence-corrected chi connectivity index (χ3v) is 19.3. The Labute approximate surface area is 750 Å². The lowest BCUT2D eigenvalue weighted by Crippen LogP contribution is -2.18. The highest BCUT2D eigenvalue weighted by Gasteiger charge is 2.23. The quantitative estimate of drug-likeness (QED) is 0.0140.